The van der Waals surface area contributed by atoms with Crippen LogP contribution in [0.25, 0.3) is 0 Å². The molecule has 0 amide bonds. The van der Waals surface area contributed by atoms with E-state index < -0.39 is 0 Å². The molecular weight excluding hydrogens is 223 g/mol. The molecule has 92 valence electrons. The van der Waals surface area contributed by atoms with Crippen molar-refractivity contribution in [2.75, 3.05) is 0 Å². The highest BCUT2D eigenvalue weighted by molar-refractivity contribution is 5.45. The van der Waals surface area contributed by atoms with Crippen LogP contribution in [0.1, 0.15) is 40.7 Å². The Morgan fingerprint density at radius 1 is 0.944 bits per heavy atom. The molecule has 0 saturated carbocycles. The molecule has 1 aliphatic carbocycles. The van der Waals surface area contributed by atoms with Gasteiger partial charge < -0.3 is 0 Å². The van der Waals surface area contributed by atoms with E-state index >= 15 is 0 Å². The topological polar surface area (TPSA) is 0 Å². The summed E-state index contributed by atoms with van der Waals surface area (Å²) in [6.07, 6.45) is 1.95. The third-order valence-corrected chi connectivity index (χ3v) is 4.00. The Labute approximate surface area is 107 Å². The molecular formula is C17H17F. The molecule has 2 aromatic rings. The minimum Gasteiger partial charge on any atom is -0.207 e. The minimum absolute atomic E-state index is 0.122. The predicted octanol–water partition coefficient (Wildman–Crippen LogP) is 4.38. The van der Waals surface area contributed by atoms with Gasteiger partial charge in [-0.3, -0.25) is 0 Å². The Balaban J connectivity index is 2.15. The van der Waals surface area contributed by atoms with Crippen molar-refractivity contribution >= 4 is 0 Å². The number of fused-ring (bicyclic) bond motifs is 2. The molecule has 1 atom stereocenters. The molecule has 0 aliphatic heterocycles. The Morgan fingerprint density at radius 3 is 2.28 bits per heavy atom. The molecule has 0 nitrogen and oxygen atoms in total. The van der Waals surface area contributed by atoms with Gasteiger partial charge in [0.2, 0.25) is 0 Å². The first kappa shape index (κ1) is 11.5. The Bertz CT molecular complexity index is 545. The summed E-state index contributed by atoms with van der Waals surface area (Å²) in [6.45, 7) is 4.35. The quantitative estimate of drug-likeness (QED) is 0.641. The number of benzene rings is 2. The second kappa shape index (κ2) is 4.24. The normalized spacial score (nSPS) is 17.8. The van der Waals surface area contributed by atoms with E-state index in [4.69, 9.17) is 0 Å². The SMILES string of the molecule is Cc1ccc2c(c1)CCc1cc(F)ccc1C2C. The van der Waals surface area contributed by atoms with Crippen molar-refractivity contribution in [3.63, 3.8) is 0 Å². The summed E-state index contributed by atoms with van der Waals surface area (Å²) >= 11 is 0. The highest BCUT2D eigenvalue weighted by atomic mass is 19.1. The van der Waals surface area contributed by atoms with Gasteiger partial charge >= 0.3 is 0 Å². The molecule has 1 unspecified atom stereocenters. The first-order valence-corrected chi connectivity index (χ1v) is 6.53. The van der Waals surface area contributed by atoms with Crippen LogP contribution in [0.4, 0.5) is 4.39 Å². The van der Waals surface area contributed by atoms with Crippen molar-refractivity contribution in [1.29, 1.82) is 0 Å². The van der Waals surface area contributed by atoms with Crippen LogP contribution in [0.2, 0.25) is 0 Å². The summed E-state index contributed by atoms with van der Waals surface area (Å²) < 4.78 is 13.3. The molecule has 0 bridgehead atoms. The van der Waals surface area contributed by atoms with Gasteiger partial charge in [-0.05, 0) is 54.2 Å². The van der Waals surface area contributed by atoms with E-state index in [0.717, 1.165) is 18.4 Å². The van der Waals surface area contributed by atoms with Gasteiger partial charge in [0, 0.05) is 5.92 Å². The second-order valence-corrected chi connectivity index (χ2v) is 5.27. The van der Waals surface area contributed by atoms with Crippen LogP contribution in [0.15, 0.2) is 36.4 Å². The molecule has 1 heteroatoms. The summed E-state index contributed by atoms with van der Waals surface area (Å²) in [6, 6.07) is 11.9. The molecule has 0 saturated heterocycles. The average Bonchev–Trinajstić information content (AvgIpc) is 2.47. The summed E-state index contributed by atoms with van der Waals surface area (Å²) in [5.41, 5.74) is 6.55. The molecule has 0 fully saturated rings. The summed E-state index contributed by atoms with van der Waals surface area (Å²) in [4.78, 5) is 0. The lowest BCUT2D eigenvalue weighted by molar-refractivity contribution is 0.624. The summed E-state index contributed by atoms with van der Waals surface area (Å²) in [5.74, 6) is 0.238. The maximum atomic E-state index is 13.3. The lowest BCUT2D eigenvalue weighted by Crippen LogP contribution is -1.99. The van der Waals surface area contributed by atoms with Gasteiger partial charge in [0.1, 0.15) is 5.82 Å². The van der Waals surface area contributed by atoms with E-state index in [1.165, 1.54) is 22.3 Å². The van der Waals surface area contributed by atoms with Crippen molar-refractivity contribution in [2.45, 2.75) is 32.6 Å². The maximum absolute atomic E-state index is 13.3. The minimum atomic E-state index is -0.122. The molecule has 1 aliphatic rings. The fourth-order valence-electron chi connectivity index (χ4n) is 3.02. The van der Waals surface area contributed by atoms with Gasteiger partial charge in [-0.1, -0.05) is 36.8 Å². The van der Waals surface area contributed by atoms with E-state index in [9.17, 15) is 4.39 Å². The van der Waals surface area contributed by atoms with Gasteiger partial charge in [-0.2, -0.15) is 0 Å². The van der Waals surface area contributed by atoms with Crippen LogP contribution in [0.5, 0.6) is 0 Å². The van der Waals surface area contributed by atoms with E-state index in [0.29, 0.717) is 5.92 Å². The lowest BCUT2D eigenvalue weighted by atomic mass is 9.89. The van der Waals surface area contributed by atoms with Crippen molar-refractivity contribution in [3.05, 3.63) is 70.0 Å². The van der Waals surface area contributed by atoms with Crippen molar-refractivity contribution in [2.24, 2.45) is 0 Å². The lowest BCUT2D eigenvalue weighted by Gasteiger charge is -2.15. The van der Waals surface area contributed by atoms with E-state index in [1.54, 1.807) is 12.1 Å². The molecule has 0 heterocycles. The van der Waals surface area contributed by atoms with Crippen LogP contribution in [0.3, 0.4) is 0 Å². The van der Waals surface area contributed by atoms with E-state index in [-0.39, 0.29) is 5.82 Å². The number of aryl methyl sites for hydroxylation is 3. The smallest absolute Gasteiger partial charge is 0.123 e. The Morgan fingerprint density at radius 2 is 1.56 bits per heavy atom. The highest BCUT2D eigenvalue weighted by Crippen LogP contribution is 2.34. The first-order valence-electron chi connectivity index (χ1n) is 6.53. The zero-order valence-corrected chi connectivity index (χ0v) is 10.8. The molecule has 18 heavy (non-hydrogen) atoms. The van der Waals surface area contributed by atoms with Gasteiger partial charge in [0.05, 0.1) is 0 Å². The van der Waals surface area contributed by atoms with Gasteiger partial charge in [0.15, 0.2) is 0 Å². The summed E-state index contributed by atoms with van der Waals surface area (Å²) in [7, 11) is 0. The molecule has 0 N–H and O–H groups in total. The average molecular weight is 240 g/mol. The largest absolute Gasteiger partial charge is 0.207 e. The molecule has 2 aromatic carbocycles. The van der Waals surface area contributed by atoms with Crippen LogP contribution in [0, 0.1) is 12.7 Å². The number of halogens is 1. The van der Waals surface area contributed by atoms with Crippen LogP contribution in [-0.2, 0) is 12.8 Å². The number of rotatable bonds is 0. The van der Waals surface area contributed by atoms with Crippen LogP contribution >= 0.6 is 0 Å². The molecule has 0 aromatic heterocycles. The van der Waals surface area contributed by atoms with E-state index in [1.807, 2.05) is 6.07 Å². The van der Waals surface area contributed by atoms with Crippen molar-refractivity contribution < 1.29 is 4.39 Å². The zero-order valence-electron chi connectivity index (χ0n) is 10.8. The third-order valence-electron chi connectivity index (χ3n) is 4.00. The molecule has 0 spiro atoms. The van der Waals surface area contributed by atoms with Crippen molar-refractivity contribution in [3.8, 4) is 0 Å². The summed E-state index contributed by atoms with van der Waals surface area (Å²) in [5, 5.41) is 0. The fraction of sp³-hybridized carbons (Fsp3) is 0.294. The van der Waals surface area contributed by atoms with Crippen LogP contribution in [-0.4, -0.2) is 0 Å². The Kier molecular flexibility index (Phi) is 2.70. The standard InChI is InChI=1S/C17H17F/c1-11-3-7-16-12(2)17-8-6-15(18)10-14(17)5-4-13(16)9-11/h3,6-10,12H,4-5H2,1-2H3. The van der Waals surface area contributed by atoms with Gasteiger partial charge in [-0.25, -0.2) is 4.39 Å². The van der Waals surface area contributed by atoms with Crippen LogP contribution < -0.4 is 0 Å². The number of hydrogen-bond donors (Lipinski definition) is 0. The van der Waals surface area contributed by atoms with E-state index in [2.05, 4.69) is 32.0 Å². The predicted molar refractivity (Wildman–Crippen MR) is 72.5 cm³/mol. The molecule has 3 rings (SSSR count). The Hall–Kier alpha value is -1.63. The second-order valence-electron chi connectivity index (χ2n) is 5.27. The number of hydrogen-bond acceptors (Lipinski definition) is 0. The maximum Gasteiger partial charge on any atom is 0.123 e. The monoisotopic (exact) mass is 240 g/mol. The van der Waals surface area contributed by atoms with Crippen molar-refractivity contribution in [1.82, 2.24) is 0 Å². The van der Waals surface area contributed by atoms with Gasteiger partial charge in [0.25, 0.3) is 0 Å². The third kappa shape index (κ3) is 1.84. The molecule has 0 radical (unpaired) electrons. The highest BCUT2D eigenvalue weighted by Gasteiger charge is 2.20. The first-order chi connectivity index (χ1) is 8.65. The zero-order chi connectivity index (χ0) is 12.7. The fourth-order valence-corrected chi connectivity index (χ4v) is 3.02. The van der Waals surface area contributed by atoms with Gasteiger partial charge in [-0.15, -0.1) is 0 Å².